The van der Waals surface area contributed by atoms with Gasteiger partial charge in [0.25, 0.3) is 0 Å². The molecule has 1 aliphatic heterocycles. The maximum atomic E-state index is 11.6. The van der Waals surface area contributed by atoms with Crippen LogP contribution in [-0.2, 0) is 22.4 Å². The summed E-state index contributed by atoms with van der Waals surface area (Å²) in [6, 6.07) is 14.3. The van der Waals surface area contributed by atoms with Crippen LogP contribution in [0.2, 0.25) is 0 Å². The van der Waals surface area contributed by atoms with E-state index >= 15 is 0 Å². The Kier molecular flexibility index (Phi) is 6.02. The fourth-order valence-corrected chi connectivity index (χ4v) is 3.78. The van der Waals surface area contributed by atoms with Crippen LogP contribution in [0.3, 0.4) is 0 Å². The van der Waals surface area contributed by atoms with Crippen LogP contribution >= 0.6 is 0 Å². The van der Waals surface area contributed by atoms with Gasteiger partial charge in [-0.1, -0.05) is 31.2 Å². The van der Waals surface area contributed by atoms with Crippen LogP contribution in [0.5, 0.6) is 5.75 Å². The lowest BCUT2D eigenvalue weighted by atomic mass is 10.0. The Hall–Kier alpha value is -2.82. The Morgan fingerprint density at radius 3 is 2.43 bits per heavy atom. The Bertz CT molecular complexity index is 878. The minimum absolute atomic E-state index is 0.0701. The number of anilines is 2. The van der Waals surface area contributed by atoms with E-state index in [-0.39, 0.29) is 17.8 Å². The number of esters is 1. The second-order valence-corrected chi connectivity index (χ2v) is 7.63. The minimum Gasteiger partial charge on any atom is -0.427 e. The lowest BCUT2D eigenvalue weighted by Gasteiger charge is -2.31. The SMILES string of the molecule is CC(=O)Oc1ccc2c(c1)N(CC(C)CN(C)C(C)=O)c1ccccc1CC2. The van der Waals surface area contributed by atoms with Crippen molar-refractivity contribution >= 4 is 23.3 Å². The number of para-hydroxylation sites is 1. The molecule has 5 heteroatoms. The molecule has 0 saturated heterocycles. The summed E-state index contributed by atoms with van der Waals surface area (Å²) in [5.74, 6) is 0.576. The van der Waals surface area contributed by atoms with Crippen LogP contribution in [0.1, 0.15) is 31.9 Å². The summed E-state index contributed by atoms with van der Waals surface area (Å²) in [5.41, 5.74) is 4.79. The second kappa shape index (κ2) is 8.46. The number of benzene rings is 2. The zero-order chi connectivity index (χ0) is 20.3. The molecule has 5 nitrogen and oxygen atoms in total. The summed E-state index contributed by atoms with van der Waals surface area (Å²) >= 11 is 0. The van der Waals surface area contributed by atoms with Crippen molar-refractivity contribution in [3.8, 4) is 5.75 Å². The molecule has 1 atom stereocenters. The fraction of sp³-hybridized carbons (Fsp3) is 0.391. The first-order chi connectivity index (χ1) is 13.3. The van der Waals surface area contributed by atoms with E-state index < -0.39 is 0 Å². The molecular formula is C23H28N2O3. The highest BCUT2D eigenvalue weighted by Gasteiger charge is 2.23. The molecule has 0 N–H and O–H groups in total. The number of carbonyl (C=O) groups is 2. The van der Waals surface area contributed by atoms with Gasteiger partial charge in [-0.15, -0.1) is 0 Å². The zero-order valence-corrected chi connectivity index (χ0v) is 17.1. The first-order valence-corrected chi connectivity index (χ1v) is 9.73. The van der Waals surface area contributed by atoms with Gasteiger partial charge in [0, 0.05) is 51.4 Å². The Balaban J connectivity index is 1.98. The van der Waals surface area contributed by atoms with Crippen LogP contribution in [0.25, 0.3) is 0 Å². The molecule has 0 aliphatic carbocycles. The van der Waals surface area contributed by atoms with Gasteiger partial charge in [0.2, 0.25) is 5.91 Å². The third-order valence-electron chi connectivity index (χ3n) is 5.17. The van der Waals surface area contributed by atoms with Gasteiger partial charge in [0.15, 0.2) is 0 Å². The van der Waals surface area contributed by atoms with Gasteiger partial charge >= 0.3 is 5.97 Å². The van der Waals surface area contributed by atoms with Crippen molar-refractivity contribution in [3.63, 3.8) is 0 Å². The van der Waals surface area contributed by atoms with Gasteiger partial charge < -0.3 is 14.5 Å². The van der Waals surface area contributed by atoms with Crippen LogP contribution in [0.15, 0.2) is 42.5 Å². The summed E-state index contributed by atoms with van der Waals surface area (Å²) < 4.78 is 5.34. The summed E-state index contributed by atoms with van der Waals surface area (Å²) in [4.78, 5) is 27.1. The van der Waals surface area contributed by atoms with Crippen molar-refractivity contribution in [3.05, 3.63) is 53.6 Å². The van der Waals surface area contributed by atoms with Gasteiger partial charge in [0.1, 0.15) is 5.75 Å². The molecule has 148 valence electrons. The largest absolute Gasteiger partial charge is 0.427 e. The number of hydrogen-bond donors (Lipinski definition) is 0. The van der Waals surface area contributed by atoms with Crippen molar-refractivity contribution in [1.29, 1.82) is 0 Å². The van der Waals surface area contributed by atoms with E-state index in [0.29, 0.717) is 12.3 Å². The maximum absolute atomic E-state index is 11.6. The number of ether oxygens (including phenoxy) is 1. The molecule has 0 aromatic heterocycles. The third kappa shape index (κ3) is 4.53. The molecule has 0 fully saturated rings. The average molecular weight is 380 g/mol. The lowest BCUT2D eigenvalue weighted by molar-refractivity contribution is -0.132. The van der Waals surface area contributed by atoms with E-state index in [0.717, 1.165) is 25.1 Å². The van der Waals surface area contributed by atoms with Crippen LogP contribution < -0.4 is 9.64 Å². The predicted octanol–water partition coefficient (Wildman–Crippen LogP) is 3.96. The molecule has 0 saturated carbocycles. The van der Waals surface area contributed by atoms with Crippen molar-refractivity contribution in [2.24, 2.45) is 5.92 Å². The summed E-state index contributed by atoms with van der Waals surface area (Å²) in [6.45, 7) is 6.62. The maximum Gasteiger partial charge on any atom is 0.308 e. The number of carbonyl (C=O) groups excluding carboxylic acids is 2. The van der Waals surface area contributed by atoms with Gasteiger partial charge in [-0.25, -0.2) is 0 Å². The van der Waals surface area contributed by atoms with E-state index in [1.54, 1.807) is 11.8 Å². The number of fused-ring (bicyclic) bond motifs is 2. The molecule has 0 bridgehead atoms. The minimum atomic E-state index is -0.322. The summed E-state index contributed by atoms with van der Waals surface area (Å²) in [5, 5.41) is 0. The van der Waals surface area contributed by atoms with E-state index in [9.17, 15) is 9.59 Å². The van der Waals surface area contributed by atoms with Crippen molar-refractivity contribution in [1.82, 2.24) is 4.90 Å². The smallest absolute Gasteiger partial charge is 0.308 e. The topological polar surface area (TPSA) is 49.9 Å². The van der Waals surface area contributed by atoms with E-state index in [2.05, 4.69) is 42.2 Å². The average Bonchev–Trinajstić information content (AvgIpc) is 2.79. The third-order valence-corrected chi connectivity index (χ3v) is 5.17. The fourth-order valence-electron chi connectivity index (χ4n) is 3.78. The normalized spacial score (nSPS) is 13.8. The molecule has 1 amide bonds. The van der Waals surface area contributed by atoms with Crippen molar-refractivity contribution < 1.29 is 14.3 Å². The van der Waals surface area contributed by atoms with E-state index in [4.69, 9.17) is 4.74 Å². The second-order valence-electron chi connectivity index (χ2n) is 7.63. The highest BCUT2D eigenvalue weighted by atomic mass is 16.5. The molecule has 1 unspecified atom stereocenters. The van der Waals surface area contributed by atoms with Crippen LogP contribution in [-0.4, -0.2) is 36.9 Å². The molecule has 2 aromatic rings. The molecule has 1 heterocycles. The number of amides is 1. The number of nitrogens with zero attached hydrogens (tertiary/aromatic N) is 2. The van der Waals surface area contributed by atoms with Gasteiger partial charge in [-0.3, -0.25) is 9.59 Å². The van der Waals surface area contributed by atoms with E-state index in [1.807, 2.05) is 19.2 Å². The Labute approximate surface area is 166 Å². The standard InChI is InChI=1S/C23H28N2O3/c1-16(14-24(4)17(2)26)15-25-22-8-6-5-7-19(22)9-10-20-11-12-21(13-23(20)25)28-18(3)27/h5-8,11-13,16H,9-10,14-15H2,1-4H3. The highest BCUT2D eigenvalue weighted by Crippen LogP contribution is 2.38. The quantitative estimate of drug-likeness (QED) is 0.582. The predicted molar refractivity (Wildman–Crippen MR) is 111 cm³/mol. The van der Waals surface area contributed by atoms with Gasteiger partial charge in [-0.05, 0) is 42.0 Å². The molecular weight excluding hydrogens is 352 g/mol. The van der Waals surface area contributed by atoms with Crippen LogP contribution in [0, 0.1) is 5.92 Å². The first kappa shape index (κ1) is 19.9. The Morgan fingerprint density at radius 2 is 1.75 bits per heavy atom. The monoisotopic (exact) mass is 380 g/mol. The Morgan fingerprint density at radius 1 is 1.07 bits per heavy atom. The highest BCUT2D eigenvalue weighted by molar-refractivity contribution is 5.75. The van der Waals surface area contributed by atoms with Gasteiger partial charge in [0.05, 0.1) is 0 Å². The molecule has 0 spiro atoms. The van der Waals surface area contributed by atoms with Gasteiger partial charge in [-0.2, -0.15) is 0 Å². The molecule has 28 heavy (non-hydrogen) atoms. The number of hydrogen-bond acceptors (Lipinski definition) is 4. The lowest BCUT2D eigenvalue weighted by Crippen LogP contribution is -2.34. The van der Waals surface area contributed by atoms with Crippen molar-refractivity contribution in [2.45, 2.75) is 33.6 Å². The summed E-state index contributed by atoms with van der Waals surface area (Å²) in [7, 11) is 1.84. The van der Waals surface area contributed by atoms with E-state index in [1.165, 1.54) is 23.7 Å². The number of rotatable bonds is 5. The molecule has 1 aliphatic rings. The molecule has 0 radical (unpaired) electrons. The zero-order valence-electron chi connectivity index (χ0n) is 17.1. The first-order valence-electron chi connectivity index (χ1n) is 9.73. The molecule has 3 rings (SSSR count). The van der Waals surface area contributed by atoms with Crippen molar-refractivity contribution in [2.75, 3.05) is 25.0 Å². The summed E-state index contributed by atoms with van der Waals surface area (Å²) in [6.07, 6.45) is 1.90. The molecule has 2 aromatic carbocycles. The number of aryl methyl sites for hydroxylation is 2. The van der Waals surface area contributed by atoms with Crippen LogP contribution in [0.4, 0.5) is 11.4 Å².